The lowest BCUT2D eigenvalue weighted by molar-refractivity contribution is -0.210. The van der Waals surface area contributed by atoms with E-state index < -0.39 is 53.9 Å². The minimum atomic E-state index is -1.59. The van der Waals surface area contributed by atoms with Crippen LogP contribution >= 0.6 is 0 Å². The van der Waals surface area contributed by atoms with Gasteiger partial charge >= 0.3 is 0 Å². The number of aromatic hydroxyl groups is 3. The van der Waals surface area contributed by atoms with Gasteiger partial charge in [0.25, 0.3) is 0 Å². The second-order valence-electron chi connectivity index (χ2n) is 10.7. The van der Waals surface area contributed by atoms with Gasteiger partial charge in [0.1, 0.15) is 40.3 Å². The number of aliphatic hydroxyl groups is 3. The van der Waals surface area contributed by atoms with Crippen molar-refractivity contribution in [3.8, 4) is 23.0 Å². The van der Waals surface area contributed by atoms with E-state index in [0.29, 0.717) is 12.0 Å². The van der Waals surface area contributed by atoms with Crippen LogP contribution in [-0.2, 0) is 11.2 Å². The molecule has 0 spiro atoms. The molecule has 1 saturated heterocycles. The molecule has 40 heavy (non-hydrogen) atoms. The third-order valence-electron chi connectivity index (χ3n) is 7.36. The van der Waals surface area contributed by atoms with Gasteiger partial charge in [0.2, 0.25) is 5.43 Å². The maximum Gasteiger partial charge on any atom is 0.204 e. The van der Waals surface area contributed by atoms with E-state index in [0.717, 1.165) is 17.2 Å². The third kappa shape index (κ3) is 5.15. The summed E-state index contributed by atoms with van der Waals surface area (Å²) < 4.78 is 17.2. The van der Waals surface area contributed by atoms with Gasteiger partial charge in [-0.15, -0.1) is 0 Å². The minimum Gasteiger partial charge on any atom is -0.507 e. The molecule has 1 aliphatic rings. The summed E-state index contributed by atoms with van der Waals surface area (Å²) in [5.74, 6) is -2.06. The molecule has 1 aliphatic heterocycles. The monoisotopic (exact) mass is 556 g/mol. The summed E-state index contributed by atoms with van der Waals surface area (Å²) in [5, 5.41) is 64.5. The van der Waals surface area contributed by atoms with Gasteiger partial charge in [-0.3, -0.25) is 4.79 Å². The van der Waals surface area contributed by atoms with Gasteiger partial charge in [0.05, 0.1) is 36.9 Å². The fourth-order valence-electron chi connectivity index (χ4n) is 5.31. The largest absolute Gasteiger partial charge is 0.507 e. The molecule has 1 aromatic heterocycles. The first-order valence-electron chi connectivity index (χ1n) is 13.0. The molecule has 216 valence electrons. The molecule has 0 radical (unpaired) electrons. The second-order valence-corrected chi connectivity index (χ2v) is 10.7. The van der Waals surface area contributed by atoms with Crippen LogP contribution in [0.25, 0.3) is 21.9 Å². The zero-order chi connectivity index (χ0) is 29.5. The molecule has 6 N–H and O–H groups in total. The highest BCUT2D eigenvalue weighted by atomic mass is 16.5. The Hall–Kier alpha value is -3.57. The van der Waals surface area contributed by atoms with Gasteiger partial charge in [0, 0.05) is 23.6 Å². The summed E-state index contributed by atoms with van der Waals surface area (Å²) in [6, 6.07) is 2.33. The quantitative estimate of drug-likeness (QED) is 0.186. The fourth-order valence-corrected chi connectivity index (χ4v) is 5.31. The van der Waals surface area contributed by atoms with E-state index in [2.05, 4.69) is 0 Å². The van der Waals surface area contributed by atoms with Crippen LogP contribution in [-0.4, -0.2) is 62.7 Å². The van der Waals surface area contributed by atoms with Crippen LogP contribution in [0.4, 0.5) is 0 Å². The Bertz CT molecular complexity index is 1540. The lowest BCUT2D eigenvalue weighted by atomic mass is 9.82. The maximum atomic E-state index is 13.9. The Labute approximate surface area is 231 Å². The van der Waals surface area contributed by atoms with Crippen LogP contribution in [0.1, 0.15) is 51.3 Å². The van der Waals surface area contributed by atoms with E-state index in [9.17, 15) is 35.4 Å². The number of fused-ring (bicyclic) bond motifs is 2. The predicted molar refractivity (Wildman–Crippen MR) is 149 cm³/mol. The van der Waals surface area contributed by atoms with Crippen LogP contribution in [0.3, 0.4) is 0 Å². The average molecular weight is 557 g/mol. The molecule has 10 heteroatoms. The van der Waals surface area contributed by atoms with Crippen molar-refractivity contribution in [3.05, 3.63) is 56.8 Å². The number of aliphatic hydroxyl groups excluding tert-OH is 3. The number of benzene rings is 2. The van der Waals surface area contributed by atoms with E-state index in [1.165, 1.54) is 13.2 Å². The summed E-state index contributed by atoms with van der Waals surface area (Å²) in [4.78, 5) is 13.9. The Morgan fingerprint density at radius 2 is 1.57 bits per heavy atom. The van der Waals surface area contributed by atoms with Crippen molar-refractivity contribution in [2.75, 3.05) is 13.7 Å². The molecule has 0 aliphatic carbocycles. The van der Waals surface area contributed by atoms with Crippen LogP contribution in [0, 0.1) is 5.92 Å². The van der Waals surface area contributed by atoms with Crippen molar-refractivity contribution in [1.82, 2.24) is 0 Å². The summed E-state index contributed by atoms with van der Waals surface area (Å²) in [6.07, 6.45) is -1.10. The van der Waals surface area contributed by atoms with Crippen molar-refractivity contribution in [2.24, 2.45) is 5.92 Å². The minimum absolute atomic E-state index is 0.0198. The van der Waals surface area contributed by atoms with Gasteiger partial charge in [-0.2, -0.15) is 0 Å². The zero-order valence-electron chi connectivity index (χ0n) is 23.1. The molecule has 2 unspecified atom stereocenters. The van der Waals surface area contributed by atoms with E-state index in [-0.39, 0.29) is 45.4 Å². The predicted octanol–water partition coefficient (Wildman–Crippen LogP) is 3.71. The molecular formula is C30H36O10. The smallest absolute Gasteiger partial charge is 0.204 e. The van der Waals surface area contributed by atoms with E-state index >= 15 is 0 Å². The molecule has 1 fully saturated rings. The van der Waals surface area contributed by atoms with Gasteiger partial charge < -0.3 is 44.5 Å². The van der Waals surface area contributed by atoms with E-state index in [4.69, 9.17) is 13.9 Å². The molecular weight excluding hydrogens is 520 g/mol. The highest BCUT2D eigenvalue weighted by Crippen LogP contribution is 2.47. The Balaban J connectivity index is 1.94. The Kier molecular flexibility index (Phi) is 8.46. The molecule has 0 amide bonds. The Morgan fingerprint density at radius 3 is 2.17 bits per heavy atom. The molecule has 2 aromatic carbocycles. The van der Waals surface area contributed by atoms with Gasteiger partial charge in [-0.1, -0.05) is 23.3 Å². The highest BCUT2D eigenvalue weighted by molar-refractivity contribution is 5.97. The molecule has 4 rings (SSSR count). The highest BCUT2D eigenvalue weighted by Gasteiger charge is 2.46. The molecule has 2 heterocycles. The number of allylic oxidation sites excluding steroid dienone is 4. The number of hydrogen-bond acceptors (Lipinski definition) is 10. The number of ether oxygens (including phenoxy) is 2. The number of phenolic OH excluding ortho intramolecular Hbond substituents is 3. The maximum absolute atomic E-state index is 13.9. The van der Waals surface area contributed by atoms with Crippen LogP contribution in [0.5, 0.6) is 23.0 Å². The van der Waals surface area contributed by atoms with Crippen molar-refractivity contribution >= 4 is 21.9 Å². The van der Waals surface area contributed by atoms with Crippen molar-refractivity contribution < 1.29 is 44.5 Å². The third-order valence-corrected chi connectivity index (χ3v) is 7.36. The number of hydrogen-bond donors (Lipinski definition) is 6. The van der Waals surface area contributed by atoms with Crippen LogP contribution in [0.2, 0.25) is 0 Å². The first-order chi connectivity index (χ1) is 18.9. The van der Waals surface area contributed by atoms with Crippen molar-refractivity contribution in [1.29, 1.82) is 0 Å². The van der Waals surface area contributed by atoms with Crippen LogP contribution in [0.15, 0.2) is 44.6 Å². The normalized spacial score (nSPS) is 22.9. The molecule has 0 bridgehead atoms. The second kappa shape index (κ2) is 11.5. The summed E-state index contributed by atoms with van der Waals surface area (Å²) in [6.45, 7) is 7.03. The summed E-state index contributed by atoms with van der Waals surface area (Å²) in [5.41, 5.74) is 1.17. The standard InChI is InChI=1S/C30H36O10/c1-13(2)6-8-15-21(12-31)40-30(28(37)25(15)34)23-17(32)10-20-24(27(23)36)26(35)22-16(9-7-14(3)4)29(38-5)18(33)11-19(22)39-20/h6-7,10-11,15,21,25,28,30-34,36-37H,8-9,12H2,1-5H3/t15?,21-,25+,28-,30?/m0/s1. The first-order valence-corrected chi connectivity index (χ1v) is 13.0. The number of rotatable bonds is 7. The molecule has 5 atom stereocenters. The van der Waals surface area contributed by atoms with Gasteiger partial charge in [0.15, 0.2) is 11.5 Å². The topological polar surface area (TPSA) is 170 Å². The van der Waals surface area contributed by atoms with E-state index in [1.807, 2.05) is 39.8 Å². The number of methoxy groups -OCH3 is 1. The molecule has 10 nitrogen and oxygen atoms in total. The lowest BCUT2D eigenvalue weighted by Crippen LogP contribution is -2.51. The fraction of sp³-hybridized carbons (Fsp3) is 0.433. The van der Waals surface area contributed by atoms with E-state index in [1.54, 1.807) is 0 Å². The van der Waals surface area contributed by atoms with Crippen molar-refractivity contribution in [2.45, 2.75) is 65.0 Å². The molecule has 3 aromatic rings. The SMILES string of the molecule is COc1c(O)cc2oc3cc(O)c(C4O[C@@H](CO)C(CC=C(C)C)[C@@H](O)[C@@H]4O)c(O)c3c(=O)c2c1CC=C(C)C. The van der Waals surface area contributed by atoms with Crippen LogP contribution < -0.4 is 10.2 Å². The lowest BCUT2D eigenvalue weighted by Gasteiger charge is -2.42. The average Bonchev–Trinajstić information content (AvgIpc) is 2.88. The van der Waals surface area contributed by atoms with Gasteiger partial charge in [-0.05, 0) is 40.5 Å². The first kappa shape index (κ1) is 29.4. The van der Waals surface area contributed by atoms with Crippen molar-refractivity contribution in [3.63, 3.8) is 0 Å². The summed E-state index contributed by atoms with van der Waals surface area (Å²) in [7, 11) is 1.36. The zero-order valence-corrected chi connectivity index (χ0v) is 23.1. The van der Waals surface area contributed by atoms with Gasteiger partial charge in [-0.25, -0.2) is 0 Å². The number of phenols is 3. The molecule has 0 saturated carbocycles. The Morgan fingerprint density at radius 1 is 0.950 bits per heavy atom. The summed E-state index contributed by atoms with van der Waals surface area (Å²) >= 11 is 0.